The third-order valence-electron chi connectivity index (χ3n) is 8.65. The minimum Gasteiger partial charge on any atom is -0.399 e. The fourth-order valence-electron chi connectivity index (χ4n) is 5.70. The van der Waals surface area contributed by atoms with Crippen LogP contribution in [0.5, 0.6) is 0 Å². The standard InChI is InChI=1S/C36H32BNO2/c1-35(2)36(3,4)40-37(39-35)29-19-22-32-31-15-8-9-16-33(31)38(34(32)24-29)30-20-17-26(18-21-30)28-14-10-13-27(23-28)25-11-6-5-7-12-25/h5-24H,1-4H3. The molecule has 1 saturated heterocycles. The first-order chi connectivity index (χ1) is 19.3. The van der Waals surface area contributed by atoms with Crippen molar-refractivity contribution in [3.05, 3.63) is 121 Å². The van der Waals surface area contributed by atoms with Crippen molar-refractivity contribution < 1.29 is 9.31 Å². The second-order valence-electron chi connectivity index (χ2n) is 11.7. The molecule has 1 fully saturated rings. The summed E-state index contributed by atoms with van der Waals surface area (Å²) in [6, 6.07) is 43.4. The van der Waals surface area contributed by atoms with Gasteiger partial charge in [0.1, 0.15) is 0 Å². The van der Waals surface area contributed by atoms with Crippen molar-refractivity contribution in [1.29, 1.82) is 0 Å². The van der Waals surface area contributed by atoms with Crippen LogP contribution in [0.1, 0.15) is 27.7 Å². The molecule has 40 heavy (non-hydrogen) atoms. The van der Waals surface area contributed by atoms with Gasteiger partial charge in [0, 0.05) is 16.5 Å². The lowest BCUT2D eigenvalue weighted by atomic mass is 9.79. The Kier molecular flexibility index (Phi) is 5.74. The maximum absolute atomic E-state index is 6.39. The summed E-state index contributed by atoms with van der Waals surface area (Å²) in [6.07, 6.45) is 0. The molecule has 6 aromatic rings. The van der Waals surface area contributed by atoms with Crippen LogP contribution in [0.3, 0.4) is 0 Å². The molecule has 4 heteroatoms. The number of nitrogens with zero attached hydrogens (tertiary/aromatic N) is 1. The zero-order chi connectivity index (χ0) is 27.5. The van der Waals surface area contributed by atoms with E-state index >= 15 is 0 Å². The lowest BCUT2D eigenvalue weighted by Gasteiger charge is -2.32. The van der Waals surface area contributed by atoms with Gasteiger partial charge in [-0.3, -0.25) is 0 Å². The average Bonchev–Trinajstić information content (AvgIpc) is 3.42. The number of rotatable bonds is 4. The maximum atomic E-state index is 6.39. The monoisotopic (exact) mass is 521 g/mol. The van der Waals surface area contributed by atoms with Gasteiger partial charge >= 0.3 is 7.12 Å². The van der Waals surface area contributed by atoms with E-state index < -0.39 is 7.12 Å². The number of aromatic nitrogens is 1. The minimum atomic E-state index is -0.403. The van der Waals surface area contributed by atoms with E-state index in [1.54, 1.807) is 0 Å². The van der Waals surface area contributed by atoms with Crippen molar-refractivity contribution in [3.8, 4) is 27.9 Å². The zero-order valence-electron chi connectivity index (χ0n) is 23.4. The Bertz CT molecular complexity index is 1840. The van der Waals surface area contributed by atoms with Crippen molar-refractivity contribution in [2.75, 3.05) is 0 Å². The molecule has 0 bridgehead atoms. The van der Waals surface area contributed by atoms with E-state index in [2.05, 4.69) is 154 Å². The molecule has 1 aromatic heterocycles. The smallest absolute Gasteiger partial charge is 0.399 e. The number of fused-ring (bicyclic) bond motifs is 3. The second kappa shape index (κ2) is 9.23. The number of para-hydroxylation sites is 1. The van der Waals surface area contributed by atoms with E-state index in [1.807, 2.05) is 0 Å². The summed E-state index contributed by atoms with van der Waals surface area (Å²) in [4.78, 5) is 0. The zero-order valence-corrected chi connectivity index (χ0v) is 23.4. The van der Waals surface area contributed by atoms with Crippen molar-refractivity contribution in [1.82, 2.24) is 4.57 Å². The SMILES string of the molecule is CC1(C)OB(c2ccc3c4ccccc4n(-c4ccc(-c5cccc(-c6ccccc6)c5)cc4)c3c2)OC1(C)C. The first kappa shape index (κ1) is 24.9. The first-order valence-corrected chi connectivity index (χ1v) is 14.0. The minimum absolute atomic E-state index is 0.382. The van der Waals surface area contributed by atoms with Crippen LogP contribution in [0.2, 0.25) is 0 Å². The van der Waals surface area contributed by atoms with Crippen LogP contribution in [0.25, 0.3) is 49.7 Å². The highest BCUT2D eigenvalue weighted by Crippen LogP contribution is 2.38. The second-order valence-corrected chi connectivity index (χ2v) is 11.7. The third kappa shape index (κ3) is 4.07. The van der Waals surface area contributed by atoms with Gasteiger partial charge in [-0.15, -0.1) is 0 Å². The fourth-order valence-corrected chi connectivity index (χ4v) is 5.70. The molecule has 0 N–H and O–H groups in total. The molecule has 1 aliphatic rings. The van der Waals surface area contributed by atoms with E-state index in [4.69, 9.17) is 9.31 Å². The van der Waals surface area contributed by atoms with Gasteiger partial charge in [-0.2, -0.15) is 0 Å². The van der Waals surface area contributed by atoms with Gasteiger partial charge in [0.2, 0.25) is 0 Å². The molecular weight excluding hydrogens is 489 g/mol. The van der Waals surface area contributed by atoms with Gasteiger partial charge in [-0.05, 0) is 85.7 Å². The number of benzene rings is 5. The largest absolute Gasteiger partial charge is 0.494 e. The van der Waals surface area contributed by atoms with Crippen LogP contribution in [-0.2, 0) is 9.31 Å². The van der Waals surface area contributed by atoms with Crippen LogP contribution < -0.4 is 5.46 Å². The van der Waals surface area contributed by atoms with Crippen molar-refractivity contribution >= 4 is 34.4 Å². The Morgan fingerprint density at radius 2 is 1.07 bits per heavy atom. The molecule has 7 rings (SSSR count). The molecule has 3 nitrogen and oxygen atoms in total. The average molecular weight is 521 g/mol. The highest BCUT2D eigenvalue weighted by Gasteiger charge is 2.51. The Morgan fingerprint density at radius 3 is 1.77 bits per heavy atom. The fraction of sp³-hybridized carbons (Fsp3) is 0.167. The summed E-state index contributed by atoms with van der Waals surface area (Å²) in [6.45, 7) is 8.39. The van der Waals surface area contributed by atoms with Crippen LogP contribution in [0.15, 0.2) is 121 Å². The predicted octanol–water partition coefficient (Wildman–Crippen LogP) is 8.42. The molecule has 0 amide bonds. The lowest BCUT2D eigenvalue weighted by molar-refractivity contribution is 0.00578. The van der Waals surface area contributed by atoms with Gasteiger partial charge < -0.3 is 13.9 Å². The summed E-state index contributed by atoms with van der Waals surface area (Å²) in [5.41, 5.74) is 8.57. The van der Waals surface area contributed by atoms with Gasteiger partial charge in [-0.1, -0.05) is 91.0 Å². The maximum Gasteiger partial charge on any atom is 0.494 e. The third-order valence-corrected chi connectivity index (χ3v) is 8.65. The molecule has 2 heterocycles. The molecule has 1 aliphatic heterocycles. The number of hydrogen-bond donors (Lipinski definition) is 0. The normalized spacial score (nSPS) is 16.1. The van der Waals surface area contributed by atoms with Crippen molar-refractivity contribution in [2.24, 2.45) is 0 Å². The van der Waals surface area contributed by atoms with Crippen LogP contribution in [0, 0.1) is 0 Å². The molecule has 0 spiro atoms. The molecule has 0 atom stereocenters. The molecule has 5 aromatic carbocycles. The van der Waals surface area contributed by atoms with E-state index in [0.29, 0.717) is 0 Å². The van der Waals surface area contributed by atoms with Gasteiger partial charge in [0.25, 0.3) is 0 Å². The van der Waals surface area contributed by atoms with Crippen LogP contribution >= 0.6 is 0 Å². The summed E-state index contributed by atoms with van der Waals surface area (Å²) in [7, 11) is -0.403. The summed E-state index contributed by atoms with van der Waals surface area (Å²) in [5, 5.41) is 2.45. The van der Waals surface area contributed by atoms with E-state index in [9.17, 15) is 0 Å². The first-order valence-electron chi connectivity index (χ1n) is 14.0. The Hall–Kier alpha value is -4.12. The predicted molar refractivity (Wildman–Crippen MR) is 167 cm³/mol. The quantitative estimate of drug-likeness (QED) is 0.218. The van der Waals surface area contributed by atoms with Crippen molar-refractivity contribution in [2.45, 2.75) is 38.9 Å². The highest BCUT2D eigenvalue weighted by atomic mass is 16.7. The van der Waals surface area contributed by atoms with Crippen LogP contribution in [0.4, 0.5) is 0 Å². The topological polar surface area (TPSA) is 23.4 Å². The Labute approximate surface area is 236 Å². The Morgan fingerprint density at radius 1 is 0.500 bits per heavy atom. The molecule has 196 valence electrons. The van der Waals surface area contributed by atoms with E-state index in [-0.39, 0.29) is 11.2 Å². The van der Waals surface area contributed by atoms with E-state index in [0.717, 1.165) is 16.7 Å². The molecule has 0 saturated carbocycles. The molecule has 0 unspecified atom stereocenters. The highest BCUT2D eigenvalue weighted by molar-refractivity contribution is 6.62. The van der Waals surface area contributed by atoms with Gasteiger partial charge in [-0.25, -0.2) is 0 Å². The lowest BCUT2D eigenvalue weighted by Crippen LogP contribution is -2.41. The molecule has 0 aliphatic carbocycles. The van der Waals surface area contributed by atoms with Gasteiger partial charge in [0.15, 0.2) is 0 Å². The van der Waals surface area contributed by atoms with Crippen LogP contribution in [-0.4, -0.2) is 22.9 Å². The molecular formula is C36H32BNO2. The van der Waals surface area contributed by atoms with E-state index in [1.165, 1.54) is 38.5 Å². The van der Waals surface area contributed by atoms with Crippen molar-refractivity contribution in [3.63, 3.8) is 0 Å². The number of hydrogen-bond acceptors (Lipinski definition) is 2. The summed E-state index contributed by atoms with van der Waals surface area (Å²) < 4.78 is 15.1. The Balaban J connectivity index is 1.31. The summed E-state index contributed by atoms with van der Waals surface area (Å²) in [5.74, 6) is 0. The molecule has 0 radical (unpaired) electrons. The van der Waals surface area contributed by atoms with Gasteiger partial charge in [0.05, 0.1) is 22.2 Å². The summed E-state index contributed by atoms with van der Waals surface area (Å²) >= 11 is 0.